The second-order valence-corrected chi connectivity index (χ2v) is 10.1. The molecule has 1 saturated carbocycles. The number of carbonyl (C=O) groups is 2. The molecule has 10 nitrogen and oxygen atoms in total. The standard InChI is InChI=1S/C29H27F3N6O4/c1-17-12-20(36-27(41)23-16-38(24-4-2-3-11-33-24)37-26(23)29(30,31)32)7-10-22(17)19-14-34-28(35-15-19)42-21-8-5-18(6-9-21)13-25(39)40/h2-4,7,10-12,14-16,18,21H,5-6,8-9,13H2,1H3,(H,36,41)(H,39,40). The van der Waals surface area contributed by atoms with Crippen molar-refractivity contribution in [2.45, 2.75) is 51.3 Å². The van der Waals surface area contributed by atoms with Crippen LogP contribution in [0.15, 0.2) is 61.2 Å². The van der Waals surface area contributed by atoms with Gasteiger partial charge >= 0.3 is 18.2 Å². The van der Waals surface area contributed by atoms with Gasteiger partial charge in [0.05, 0.1) is 5.56 Å². The molecule has 3 aromatic heterocycles. The number of hydrogen-bond donors (Lipinski definition) is 2. The van der Waals surface area contributed by atoms with Gasteiger partial charge in [0.15, 0.2) is 11.5 Å². The lowest BCUT2D eigenvalue weighted by atomic mass is 9.85. The summed E-state index contributed by atoms with van der Waals surface area (Å²) in [6, 6.07) is 9.87. The van der Waals surface area contributed by atoms with Crippen LogP contribution in [0.1, 0.15) is 53.7 Å². The highest BCUT2D eigenvalue weighted by Crippen LogP contribution is 2.33. The molecule has 1 aromatic carbocycles. The molecule has 3 heterocycles. The molecular formula is C29H27F3N6O4. The van der Waals surface area contributed by atoms with Gasteiger partial charge in [0, 0.05) is 42.5 Å². The summed E-state index contributed by atoms with van der Waals surface area (Å²) < 4.78 is 47.9. The number of ether oxygens (including phenoxy) is 1. The van der Waals surface area contributed by atoms with Gasteiger partial charge < -0.3 is 15.2 Å². The van der Waals surface area contributed by atoms with Crippen molar-refractivity contribution in [3.05, 3.63) is 78.0 Å². The third kappa shape index (κ3) is 6.73. The Balaban J connectivity index is 1.25. The number of amides is 1. The minimum atomic E-state index is -4.85. The van der Waals surface area contributed by atoms with Gasteiger partial charge in [-0.05, 0) is 73.9 Å². The number of anilines is 1. The van der Waals surface area contributed by atoms with E-state index in [0.29, 0.717) is 11.3 Å². The number of alkyl halides is 3. The highest BCUT2D eigenvalue weighted by Gasteiger charge is 2.39. The third-order valence-electron chi connectivity index (χ3n) is 7.06. The van der Waals surface area contributed by atoms with Crippen molar-refractivity contribution in [3.8, 4) is 23.0 Å². The van der Waals surface area contributed by atoms with Gasteiger partial charge in [-0.2, -0.15) is 18.3 Å². The molecule has 0 bridgehead atoms. The highest BCUT2D eigenvalue weighted by atomic mass is 19.4. The molecule has 0 radical (unpaired) electrons. The topological polar surface area (TPSA) is 132 Å². The predicted octanol–water partition coefficient (Wildman–Crippen LogP) is 5.72. The summed E-state index contributed by atoms with van der Waals surface area (Å²) >= 11 is 0. The number of carbonyl (C=O) groups excluding carboxylic acids is 1. The normalized spacial score (nSPS) is 17.0. The number of benzene rings is 1. The number of nitrogens with one attached hydrogen (secondary N) is 1. The molecule has 218 valence electrons. The van der Waals surface area contributed by atoms with Gasteiger partial charge in [-0.25, -0.2) is 19.6 Å². The Morgan fingerprint density at radius 3 is 2.43 bits per heavy atom. The van der Waals surface area contributed by atoms with E-state index in [1.54, 1.807) is 49.6 Å². The van der Waals surface area contributed by atoms with Crippen molar-refractivity contribution in [2.75, 3.05) is 5.32 Å². The average Bonchev–Trinajstić information content (AvgIpc) is 3.42. The van der Waals surface area contributed by atoms with Crippen molar-refractivity contribution < 1.29 is 32.6 Å². The molecule has 0 unspecified atom stereocenters. The van der Waals surface area contributed by atoms with E-state index in [2.05, 4.69) is 25.4 Å². The van der Waals surface area contributed by atoms with Crippen molar-refractivity contribution in [2.24, 2.45) is 5.92 Å². The van der Waals surface area contributed by atoms with Gasteiger partial charge in [-0.15, -0.1) is 0 Å². The third-order valence-corrected chi connectivity index (χ3v) is 7.06. The van der Waals surface area contributed by atoms with E-state index in [1.807, 2.05) is 0 Å². The molecule has 1 aliphatic carbocycles. The molecular weight excluding hydrogens is 553 g/mol. The number of hydrogen-bond acceptors (Lipinski definition) is 7. The van der Waals surface area contributed by atoms with Crippen LogP contribution in [0.25, 0.3) is 16.9 Å². The Hall–Kier alpha value is -4.81. The summed E-state index contributed by atoms with van der Waals surface area (Å²) in [7, 11) is 0. The summed E-state index contributed by atoms with van der Waals surface area (Å²) in [5.74, 6) is -1.44. The molecule has 0 saturated heterocycles. The quantitative estimate of drug-likeness (QED) is 0.271. The molecule has 1 amide bonds. The van der Waals surface area contributed by atoms with E-state index < -0.39 is 29.3 Å². The Morgan fingerprint density at radius 1 is 1.07 bits per heavy atom. The monoisotopic (exact) mass is 580 g/mol. The lowest BCUT2D eigenvalue weighted by Crippen LogP contribution is -2.25. The van der Waals surface area contributed by atoms with Crippen LogP contribution < -0.4 is 10.1 Å². The molecule has 4 aromatic rings. The largest absolute Gasteiger partial charge is 0.481 e. The summed E-state index contributed by atoms with van der Waals surface area (Å²) in [5, 5.41) is 15.1. The number of aliphatic carboxylic acids is 1. The van der Waals surface area contributed by atoms with Gasteiger partial charge in [-0.3, -0.25) is 9.59 Å². The van der Waals surface area contributed by atoms with Crippen LogP contribution in [0.4, 0.5) is 18.9 Å². The van der Waals surface area contributed by atoms with Crippen molar-refractivity contribution in [1.82, 2.24) is 24.7 Å². The molecule has 1 fully saturated rings. The first kappa shape index (κ1) is 28.7. The molecule has 0 atom stereocenters. The maximum Gasteiger partial charge on any atom is 0.435 e. The predicted molar refractivity (Wildman–Crippen MR) is 145 cm³/mol. The Labute approximate surface area is 238 Å². The van der Waals surface area contributed by atoms with Crippen molar-refractivity contribution in [3.63, 3.8) is 0 Å². The molecule has 0 aliphatic heterocycles. The van der Waals surface area contributed by atoms with Crippen LogP contribution in [-0.4, -0.2) is 47.8 Å². The summed E-state index contributed by atoms with van der Waals surface area (Å²) in [4.78, 5) is 36.4. The van der Waals surface area contributed by atoms with Gasteiger partial charge in [0.2, 0.25) is 0 Å². The highest BCUT2D eigenvalue weighted by molar-refractivity contribution is 6.05. The van der Waals surface area contributed by atoms with Gasteiger partial charge in [0.25, 0.3) is 5.91 Å². The Kier molecular flexibility index (Phi) is 8.18. The van der Waals surface area contributed by atoms with E-state index in [4.69, 9.17) is 9.84 Å². The molecule has 5 rings (SSSR count). The van der Waals surface area contributed by atoms with E-state index in [1.165, 1.54) is 12.3 Å². The number of nitrogens with zero attached hydrogens (tertiary/aromatic N) is 5. The minimum absolute atomic E-state index is 0.0700. The van der Waals surface area contributed by atoms with Crippen LogP contribution >= 0.6 is 0 Å². The van der Waals surface area contributed by atoms with Crippen LogP contribution in [0.5, 0.6) is 6.01 Å². The second kappa shape index (κ2) is 12.0. The first-order chi connectivity index (χ1) is 20.1. The Bertz CT molecular complexity index is 1570. The first-order valence-electron chi connectivity index (χ1n) is 13.3. The average molecular weight is 581 g/mol. The lowest BCUT2D eigenvalue weighted by Gasteiger charge is -2.27. The van der Waals surface area contributed by atoms with E-state index in [-0.39, 0.29) is 30.3 Å². The van der Waals surface area contributed by atoms with Gasteiger partial charge in [-0.1, -0.05) is 12.1 Å². The summed E-state index contributed by atoms with van der Waals surface area (Å²) in [6.45, 7) is 1.80. The fraction of sp³-hybridized carbons (Fsp3) is 0.310. The van der Waals surface area contributed by atoms with E-state index in [9.17, 15) is 22.8 Å². The number of aryl methyl sites for hydroxylation is 1. The smallest absolute Gasteiger partial charge is 0.435 e. The number of pyridine rings is 1. The lowest BCUT2D eigenvalue weighted by molar-refractivity contribution is -0.141. The van der Waals surface area contributed by atoms with Gasteiger partial charge in [0.1, 0.15) is 6.10 Å². The summed E-state index contributed by atoms with van der Waals surface area (Å²) in [5.41, 5.74) is 0.564. The number of carboxylic acids is 1. The maximum atomic E-state index is 13.7. The SMILES string of the molecule is Cc1cc(NC(=O)c2cn(-c3ccccn3)nc2C(F)(F)F)ccc1-c1cnc(OC2CCC(CC(=O)O)CC2)nc1. The zero-order valence-electron chi connectivity index (χ0n) is 22.5. The van der Waals surface area contributed by atoms with E-state index in [0.717, 1.165) is 47.7 Å². The van der Waals surface area contributed by atoms with Crippen LogP contribution in [0.2, 0.25) is 0 Å². The zero-order chi connectivity index (χ0) is 29.9. The van der Waals surface area contributed by atoms with Crippen LogP contribution in [0, 0.1) is 12.8 Å². The van der Waals surface area contributed by atoms with Crippen LogP contribution in [-0.2, 0) is 11.0 Å². The molecule has 2 N–H and O–H groups in total. The molecule has 13 heteroatoms. The fourth-order valence-corrected chi connectivity index (χ4v) is 4.99. The summed E-state index contributed by atoms with van der Waals surface area (Å²) in [6.07, 6.45) is 3.94. The van der Waals surface area contributed by atoms with Crippen molar-refractivity contribution >= 4 is 17.6 Å². The molecule has 42 heavy (non-hydrogen) atoms. The van der Waals surface area contributed by atoms with Crippen molar-refractivity contribution in [1.29, 1.82) is 0 Å². The number of aromatic nitrogens is 5. The zero-order valence-corrected chi connectivity index (χ0v) is 22.5. The maximum absolute atomic E-state index is 13.7. The molecule has 0 spiro atoms. The molecule has 1 aliphatic rings. The number of rotatable bonds is 8. The first-order valence-corrected chi connectivity index (χ1v) is 13.3. The Morgan fingerprint density at radius 2 is 1.81 bits per heavy atom. The second-order valence-electron chi connectivity index (χ2n) is 10.1. The minimum Gasteiger partial charge on any atom is -0.481 e. The van der Waals surface area contributed by atoms with E-state index >= 15 is 0 Å². The van der Waals surface area contributed by atoms with Crippen LogP contribution in [0.3, 0.4) is 0 Å². The fourth-order valence-electron chi connectivity index (χ4n) is 4.99. The number of carboxylic acid groups (broad SMARTS) is 1. The number of halogens is 3.